The van der Waals surface area contributed by atoms with Crippen LogP contribution >= 0.6 is 0 Å². The zero-order valence-electron chi connectivity index (χ0n) is 14.2. The summed E-state index contributed by atoms with van der Waals surface area (Å²) in [6, 6.07) is 5.05. The van der Waals surface area contributed by atoms with Crippen molar-refractivity contribution in [1.29, 1.82) is 0 Å². The quantitative estimate of drug-likeness (QED) is 0.478. The number of nitrogens with zero attached hydrogens (tertiary/aromatic N) is 4. The summed E-state index contributed by atoms with van der Waals surface area (Å²) in [6.45, 7) is 2.76. The standard InChI is InChI=1S/C17H22N4O3/c1-4-5-6-9-21-11-14(17(23)24)16(22)13-8-7-12(10-15(13)21)18-19-20(2)3/h7-8,10-11H,4-6,9H2,1-3H3,(H,23,24). The van der Waals surface area contributed by atoms with Crippen molar-refractivity contribution < 1.29 is 9.90 Å². The van der Waals surface area contributed by atoms with E-state index in [9.17, 15) is 14.7 Å². The Balaban J connectivity index is 2.59. The number of aromatic nitrogens is 1. The Morgan fingerprint density at radius 1 is 1.29 bits per heavy atom. The van der Waals surface area contributed by atoms with Gasteiger partial charge in [0.25, 0.3) is 0 Å². The minimum Gasteiger partial charge on any atom is -0.477 e. The van der Waals surface area contributed by atoms with Crippen LogP contribution in [-0.2, 0) is 6.54 Å². The smallest absolute Gasteiger partial charge is 0.341 e. The molecule has 0 radical (unpaired) electrons. The molecule has 128 valence electrons. The average molecular weight is 330 g/mol. The van der Waals surface area contributed by atoms with Crippen LogP contribution in [0, 0.1) is 0 Å². The molecule has 0 unspecified atom stereocenters. The van der Waals surface area contributed by atoms with Gasteiger partial charge in [0.15, 0.2) is 0 Å². The van der Waals surface area contributed by atoms with Gasteiger partial charge in [-0.3, -0.25) is 9.80 Å². The van der Waals surface area contributed by atoms with Crippen molar-refractivity contribution in [1.82, 2.24) is 9.58 Å². The largest absolute Gasteiger partial charge is 0.477 e. The van der Waals surface area contributed by atoms with Gasteiger partial charge in [-0.2, -0.15) is 0 Å². The molecule has 0 aliphatic rings. The molecule has 0 atom stereocenters. The number of aromatic carboxylic acids is 1. The molecule has 24 heavy (non-hydrogen) atoms. The van der Waals surface area contributed by atoms with E-state index in [4.69, 9.17) is 0 Å². The molecule has 0 aliphatic carbocycles. The molecular formula is C17H22N4O3. The van der Waals surface area contributed by atoms with E-state index in [2.05, 4.69) is 17.3 Å². The number of pyridine rings is 1. The van der Waals surface area contributed by atoms with E-state index in [0.29, 0.717) is 23.1 Å². The first-order valence-corrected chi connectivity index (χ1v) is 7.93. The molecule has 0 amide bonds. The highest BCUT2D eigenvalue weighted by Crippen LogP contribution is 2.21. The van der Waals surface area contributed by atoms with Crippen LogP contribution in [0.15, 0.2) is 39.5 Å². The van der Waals surface area contributed by atoms with Crippen LogP contribution in [0.1, 0.15) is 36.5 Å². The Morgan fingerprint density at radius 2 is 2.04 bits per heavy atom. The second-order valence-electron chi connectivity index (χ2n) is 5.82. The van der Waals surface area contributed by atoms with Crippen molar-refractivity contribution >= 4 is 22.6 Å². The topological polar surface area (TPSA) is 87.3 Å². The predicted molar refractivity (Wildman–Crippen MR) is 92.9 cm³/mol. The lowest BCUT2D eigenvalue weighted by Crippen LogP contribution is -2.19. The van der Waals surface area contributed by atoms with Crippen LogP contribution in [0.4, 0.5) is 5.69 Å². The molecule has 0 bridgehead atoms. The number of rotatable bonds is 7. The van der Waals surface area contributed by atoms with Gasteiger partial charge >= 0.3 is 5.97 Å². The summed E-state index contributed by atoms with van der Waals surface area (Å²) in [5, 5.41) is 19.3. The number of benzene rings is 1. The van der Waals surface area contributed by atoms with E-state index in [0.717, 1.165) is 19.3 Å². The van der Waals surface area contributed by atoms with Gasteiger partial charge in [0, 0.05) is 32.2 Å². The summed E-state index contributed by atoms with van der Waals surface area (Å²) in [4.78, 5) is 23.7. The molecule has 0 fully saturated rings. The molecule has 0 saturated heterocycles. The lowest BCUT2D eigenvalue weighted by atomic mass is 10.1. The van der Waals surface area contributed by atoms with Crippen molar-refractivity contribution in [3.63, 3.8) is 0 Å². The molecule has 7 nitrogen and oxygen atoms in total. The van der Waals surface area contributed by atoms with Gasteiger partial charge in [0.2, 0.25) is 5.43 Å². The molecule has 1 heterocycles. The number of fused-ring (bicyclic) bond motifs is 1. The van der Waals surface area contributed by atoms with E-state index in [1.807, 2.05) is 4.57 Å². The lowest BCUT2D eigenvalue weighted by Gasteiger charge is -2.12. The Bertz CT molecular complexity index is 824. The fourth-order valence-electron chi connectivity index (χ4n) is 2.45. The van der Waals surface area contributed by atoms with Gasteiger partial charge in [-0.05, 0) is 24.6 Å². The van der Waals surface area contributed by atoms with Crippen LogP contribution < -0.4 is 5.43 Å². The average Bonchev–Trinajstić information content (AvgIpc) is 2.54. The van der Waals surface area contributed by atoms with E-state index in [1.54, 1.807) is 37.3 Å². The minimum atomic E-state index is -1.21. The number of carboxylic acid groups (broad SMARTS) is 1. The highest BCUT2D eigenvalue weighted by molar-refractivity contribution is 5.93. The van der Waals surface area contributed by atoms with Gasteiger partial charge in [0.1, 0.15) is 5.56 Å². The third-order valence-electron chi connectivity index (χ3n) is 3.64. The van der Waals surface area contributed by atoms with Crippen molar-refractivity contribution in [2.75, 3.05) is 14.1 Å². The Kier molecular flexibility index (Phi) is 5.68. The first kappa shape index (κ1) is 17.7. The number of hydrogen-bond donors (Lipinski definition) is 1. The normalized spacial score (nSPS) is 11.3. The minimum absolute atomic E-state index is 0.207. The Morgan fingerprint density at radius 3 is 2.67 bits per heavy atom. The van der Waals surface area contributed by atoms with Gasteiger partial charge in [0.05, 0.1) is 11.2 Å². The second kappa shape index (κ2) is 7.72. The second-order valence-corrected chi connectivity index (χ2v) is 5.82. The molecular weight excluding hydrogens is 308 g/mol. The number of carbonyl (C=O) groups is 1. The zero-order valence-corrected chi connectivity index (χ0v) is 14.2. The van der Waals surface area contributed by atoms with Crippen molar-refractivity contribution in [3.05, 3.63) is 40.2 Å². The lowest BCUT2D eigenvalue weighted by molar-refractivity contribution is 0.0695. The van der Waals surface area contributed by atoms with Crippen LogP contribution in [0.25, 0.3) is 10.9 Å². The maximum atomic E-state index is 12.4. The van der Waals surface area contributed by atoms with E-state index in [-0.39, 0.29) is 5.56 Å². The fourth-order valence-corrected chi connectivity index (χ4v) is 2.45. The summed E-state index contributed by atoms with van der Waals surface area (Å²) in [5.41, 5.74) is 0.612. The Hall–Kier alpha value is -2.70. The number of aryl methyl sites for hydroxylation is 1. The van der Waals surface area contributed by atoms with Crippen LogP contribution in [0.3, 0.4) is 0 Å². The Labute approximate surface area is 140 Å². The molecule has 0 aliphatic heterocycles. The van der Waals surface area contributed by atoms with E-state index in [1.165, 1.54) is 6.20 Å². The number of unbranched alkanes of at least 4 members (excludes halogenated alkanes) is 2. The van der Waals surface area contributed by atoms with Crippen LogP contribution in [0.2, 0.25) is 0 Å². The summed E-state index contributed by atoms with van der Waals surface area (Å²) < 4.78 is 1.82. The first-order valence-electron chi connectivity index (χ1n) is 7.93. The predicted octanol–water partition coefficient (Wildman–Crippen LogP) is 3.45. The van der Waals surface area contributed by atoms with E-state index < -0.39 is 11.4 Å². The molecule has 7 heteroatoms. The molecule has 0 spiro atoms. The monoisotopic (exact) mass is 330 g/mol. The number of carboxylic acids is 1. The third-order valence-corrected chi connectivity index (χ3v) is 3.64. The summed E-state index contributed by atoms with van der Waals surface area (Å²) in [5.74, 6) is -1.21. The van der Waals surface area contributed by atoms with Gasteiger partial charge < -0.3 is 9.67 Å². The van der Waals surface area contributed by atoms with Crippen molar-refractivity contribution in [2.24, 2.45) is 10.3 Å². The molecule has 1 aromatic heterocycles. The summed E-state index contributed by atoms with van der Waals surface area (Å²) in [7, 11) is 3.54. The maximum Gasteiger partial charge on any atom is 0.341 e. The van der Waals surface area contributed by atoms with Gasteiger partial charge in [-0.15, -0.1) is 5.11 Å². The van der Waals surface area contributed by atoms with Crippen LogP contribution in [-0.4, -0.2) is 34.7 Å². The first-order chi connectivity index (χ1) is 11.4. The third kappa shape index (κ3) is 3.98. The molecule has 2 aromatic rings. The molecule has 1 N–H and O–H groups in total. The highest BCUT2D eigenvalue weighted by Gasteiger charge is 2.14. The number of hydrogen-bond acceptors (Lipinski definition) is 4. The molecule has 0 saturated carbocycles. The summed E-state index contributed by atoms with van der Waals surface area (Å²) >= 11 is 0. The maximum absolute atomic E-state index is 12.4. The summed E-state index contributed by atoms with van der Waals surface area (Å²) in [6.07, 6.45) is 4.44. The van der Waals surface area contributed by atoms with Gasteiger partial charge in [-0.1, -0.05) is 25.0 Å². The molecule has 2 rings (SSSR count). The van der Waals surface area contributed by atoms with Crippen molar-refractivity contribution in [3.8, 4) is 0 Å². The molecule has 1 aromatic carbocycles. The van der Waals surface area contributed by atoms with Crippen molar-refractivity contribution in [2.45, 2.75) is 32.7 Å². The van der Waals surface area contributed by atoms with Gasteiger partial charge in [-0.25, -0.2) is 4.79 Å². The highest BCUT2D eigenvalue weighted by atomic mass is 16.4. The SMILES string of the molecule is CCCCCn1cc(C(=O)O)c(=O)c2ccc(N=NN(C)C)cc21. The zero-order chi connectivity index (χ0) is 17.7. The fraction of sp³-hybridized carbons (Fsp3) is 0.412. The van der Waals surface area contributed by atoms with E-state index >= 15 is 0 Å². The van der Waals surface area contributed by atoms with Crippen LogP contribution in [0.5, 0.6) is 0 Å².